The first-order valence-electron chi connectivity index (χ1n) is 47.8. The van der Waals surface area contributed by atoms with Gasteiger partial charge in [-0.25, -0.2) is 4.79 Å². The van der Waals surface area contributed by atoms with Gasteiger partial charge in [0.2, 0.25) is 5.91 Å². The summed E-state index contributed by atoms with van der Waals surface area (Å²) >= 11 is 0. The summed E-state index contributed by atoms with van der Waals surface area (Å²) in [6, 6.07) is 0. The predicted molar refractivity (Wildman–Crippen MR) is 477 cm³/mol. The van der Waals surface area contributed by atoms with Crippen LogP contribution in [0.4, 0.5) is 4.79 Å². The summed E-state index contributed by atoms with van der Waals surface area (Å²) < 4.78 is 158. The number of amides is 2. The third-order valence-corrected chi connectivity index (χ3v) is 20.8. The van der Waals surface area contributed by atoms with E-state index in [1.54, 1.807) is 7.11 Å². The van der Waals surface area contributed by atoms with E-state index in [1.165, 1.54) is 167 Å². The first-order valence-corrected chi connectivity index (χ1v) is 49.5. The lowest BCUT2D eigenvalue weighted by atomic mass is 10.0. The van der Waals surface area contributed by atoms with Crippen molar-refractivity contribution in [2.24, 2.45) is 0 Å². The molecule has 123 heavy (non-hydrogen) atoms. The zero-order chi connectivity index (χ0) is 88.4. The summed E-state index contributed by atoms with van der Waals surface area (Å²) in [6.07, 6.45) is 38.1. The number of carbonyl (C=O) groups is 2. The van der Waals surface area contributed by atoms with E-state index in [1.807, 2.05) is 0 Å². The zero-order valence-electron chi connectivity index (χ0n) is 77.8. The van der Waals surface area contributed by atoms with Gasteiger partial charge in [0.1, 0.15) is 6.29 Å². The van der Waals surface area contributed by atoms with Crippen LogP contribution in [-0.4, -0.2) is 372 Å². The fourth-order valence-corrected chi connectivity index (χ4v) is 13.7. The first-order chi connectivity index (χ1) is 60.9. The molecule has 736 valence electrons. The van der Waals surface area contributed by atoms with Gasteiger partial charge in [-0.1, -0.05) is 206 Å². The van der Waals surface area contributed by atoms with Gasteiger partial charge in [-0.15, -0.1) is 0 Å². The third kappa shape index (κ3) is 105. The molecule has 33 heteroatoms. The van der Waals surface area contributed by atoms with E-state index in [2.05, 4.69) is 19.2 Å². The van der Waals surface area contributed by atoms with E-state index in [9.17, 15) is 19.3 Å². The van der Waals surface area contributed by atoms with E-state index in [4.69, 9.17) is 123 Å². The van der Waals surface area contributed by atoms with Crippen molar-refractivity contribution in [3.63, 3.8) is 0 Å². The number of hydrogen-bond acceptors (Lipinski definition) is 29. The SMILES string of the molecule is CCCCCCCCCCCCCCCCCCOP(=O)(CN(CCC(=O)NCCOCCOCCOCCOCCOCCOCCOCCOCCOCCOCCOCCOCCOCCOCCOCCOCCOCCOCCOCCOCCOCCOCCOCCOC)C(=O)O)OCCCCCCCCCCCCCCCCCC. The zero-order valence-corrected chi connectivity index (χ0v) is 78.7. The van der Waals surface area contributed by atoms with Crippen LogP contribution in [0.1, 0.15) is 226 Å². The summed E-state index contributed by atoms with van der Waals surface area (Å²) in [4.78, 5) is 26.2. The Hall–Kier alpha value is -2.07. The standard InChI is InChI=1S/C90H181N2O30P/c1-4-6-8-10-12-14-16-18-20-22-24-26-28-30-32-34-39-121-123(96,122-40-35-33-31-29-27-25-23-21-19-17-15-13-11-9-7-5-2)88-92(90(94)95)38-36-89(93)91-37-41-98-44-45-100-48-49-102-52-53-104-56-57-106-60-61-108-64-65-110-68-69-112-72-73-114-76-77-116-80-81-118-84-85-120-87-86-119-83-82-117-79-78-115-75-74-113-71-70-111-67-66-109-63-62-107-59-58-105-55-54-103-51-50-101-47-46-99-43-42-97-3/h4-88H2,1-3H3,(H,91,93)(H,94,95). The minimum Gasteiger partial charge on any atom is -0.465 e. The summed E-state index contributed by atoms with van der Waals surface area (Å²) in [5.41, 5.74) is 0. The van der Waals surface area contributed by atoms with E-state index >= 15 is 0 Å². The maximum absolute atomic E-state index is 14.2. The van der Waals surface area contributed by atoms with Crippen LogP contribution in [0.3, 0.4) is 0 Å². The van der Waals surface area contributed by atoms with Crippen molar-refractivity contribution in [1.82, 2.24) is 10.2 Å². The molecule has 0 spiro atoms. The quantitative estimate of drug-likeness (QED) is 0.0422. The van der Waals surface area contributed by atoms with Gasteiger partial charge in [-0.3, -0.25) is 14.3 Å². The molecule has 2 amide bonds. The average molecular weight is 1800 g/mol. The largest absolute Gasteiger partial charge is 0.465 e. The number of nitrogens with one attached hydrogen (secondary N) is 1. The van der Waals surface area contributed by atoms with E-state index in [-0.39, 0.29) is 45.2 Å². The van der Waals surface area contributed by atoms with Crippen molar-refractivity contribution in [3.05, 3.63) is 0 Å². The van der Waals surface area contributed by atoms with Crippen molar-refractivity contribution < 1.29 is 142 Å². The van der Waals surface area contributed by atoms with E-state index in [0.29, 0.717) is 304 Å². The number of methoxy groups -OCH3 is 1. The third-order valence-electron chi connectivity index (χ3n) is 19.0. The molecule has 0 saturated heterocycles. The Morgan fingerprint density at radius 2 is 0.398 bits per heavy atom. The summed E-state index contributed by atoms with van der Waals surface area (Å²) in [5, 5.41) is 12.9. The highest BCUT2D eigenvalue weighted by Crippen LogP contribution is 2.49. The highest BCUT2D eigenvalue weighted by atomic mass is 31.2. The maximum Gasteiger partial charge on any atom is 0.407 e. The van der Waals surface area contributed by atoms with Gasteiger partial charge in [0.25, 0.3) is 0 Å². The Bertz CT molecular complexity index is 2010. The number of ether oxygens (including phenoxy) is 24. The van der Waals surface area contributed by atoms with Gasteiger partial charge < -0.3 is 133 Å². The summed E-state index contributed by atoms with van der Waals surface area (Å²) in [7, 11) is -2.16. The molecule has 0 heterocycles. The average Bonchev–Trinajstić information content (AvgIpc) is 0.863. The molecule has 2 N–H and O–H groups in total. The molecule has 0 aromatic carbocycles. The van der Waals surface area contributed by atoms with Crippen LogP contribution in [0.15, 0.2) is 0 Å². The molecule has 0 aromatic heterocycles. The smallest absolute Gasteiger partial charge is 0.407 e. The summed E-state index contributed by atoms with van der Waals surface area (Å²) in [5.74, 6) is -0.336. The molecule has 0 atom stereocenters. The molecule has 0 aliphatic heterocycles. The molecule has 0 rings (SSSR count). The number of carboxylic acid groups (broad SMARTS) is 1. The van der Waals surface area contributed by atoms with Crippen molar-refractivity contribution in [2.45, 2.75) is 226 Å². The fraction of sp³-hybridized carbons (Fsp3) is 0.978. The van der Waals surface area contributed by atoms with Gasteiger partial charge in [-0.05, 0) is 12.8 Å². The Labute approximate surface area is 744 Å². The van der Waals surface area contributed by atoms with Crippen LogP contribution in [0.5, 0.6) is 0 Å². The molecule has 0 aliphatic rings. The second-order valence-corrected chi connectivity index (χ2v) is 31.8. The molecular weight excluding hydrogens is 1620 g/mol. The minimum atomic E-state index is -3.80. The lowest BCUT2D eigenvalue weighted by molar-refractivity contribution is -0.121. The predicted octanol–water partition coefficient (Wildman–Crippen LogP) is 14.2. The van der Waals surface area contributed by atoms with Gasteiger partial charge in [0.05, 0.1) is 324 Å². The van der Waals surface area contributed by atoms with Crippen molar-refractivity contribution in [2.75, 3.05) is 350 Å². The monoisotopic (exact) mass is 1800 g/mol. The molecule has 0 saturated carbocycles. The van der Waals surface area contributed by atoms with Crippen LogP contribution < -0.4 is 5.32 Å². The lowest BCUT2D eigenvalue weighted by Crippen LogP contribution is -2.36. The first kappa shape index (κ1) is 121. The number of unbranched alkanes of at least 4 members (excludes halogenated alkanes) is 30. The topological polar surface area (TPSA) is 327 Å². The van der Waals surface area contributed by atoms with E-state index < -0.39 is 20.0 Å². The van der Waals surface area contributed by atoms with Crippen LogP contribution in [0.25, 0.3) is 0 Å². The molecule has 0 radical (unpaired) electrons. The second kappa shape index (κ2) is 109. The Kier molecular flexibility index (Phi) is 107. The van der Waals surface area contributed by atoms with Crippen LogP contribution in [0, 0.1) is 0 Å². The second-order valence-electron chi connectivity index (χ2n) is 29.7. The fourth-order valence-electron chi connectivity index (χ4n) is 11.9. The molecule has 0 bridgehead atoms. The van der Waals surface area contributed by atoms with Crippen LogP contribution >= 0.6 is 7.60 Å². The number of nitrogens with zero attached hydrogens (tertiary/aromatic N) is 1. The van der Waals surface area contributed by atoms with Crippen molar-refractivity contribution >= 4 is 19.6 Å². The van der Waals surface area contributed by atoms with Gasteiger partial charge in [-0.2, -0.15) is 0 Å². The number of hydrogen-bond donors (Lipinski definition) is 2. The molecular formula is C90H181N2O30P. The molecule has 0 aliphatic carbocycles. The molecule has 0 unspecified atom stereocenters. The Morgan fingerprint density at radius 1 is 0.236 bits per heavy atom. The maximum atomic E-state index is 14.2. The number of carbonyl (C=O) groups excluding carboxylic acids is 1. The molecule has 32 nitrogen and oxygen atoms in total. The Morgan fingerprint density at radius 3 is 0.569 bits per heavy atom. The normalized spacial score (nSPS) is 11.9. The summed E-state index contributed by atoms with van der Waals surface area (Å²) in [6.45, 7) is 27.2. The van der Waals surface area contributed by atoms with Crippen molar-refractivity contribution in [1.29, 1.82) is 0 Å². The highest BCUT2D eigenvalue weighted by molar-refractivity contribution is 7.53. The van der Waals surface area contributed by atoms with Gasteiger partial charge in [0.15, 0.2) is 0 Å². The number of rotatable bonds is 113. The Balaban J connectivity index is 3.66. The van der Waals surface area contributed by atoms with Crippen LogP contribution in [-0.2, 0) is 132 Å². The molecule has 0 fully saturated rings. The minimum absolute atomic E-state index is 0.102. The van der Waals surface area contributed by atoms with Crippen molar-refractivity contribution in [3.8, 4) is 0 Å². The van der Waals surface area contributed by atoms with Gasteiger partial charge >= 0.3 is 13.7 Å². The van der Waals surface area contributed by atoms with E-state index in [0.717, 1.165) is 43.4 Å². The lowest BCUT2D eigenvalue weighted by Gasteiger charge is -2.25. The van der Waals surface area contributed by atoms with Gasteiger partial charge in [0, 0.05) is 26.6 Å². The highest BCUT2D eigenvalue weighted by Gasteiger charge is 2.31. The van der Waals surface area contributed by atoms with Crippen LogP contribution in [0.2, 0.25) is 0 Å². The molecule has 0 aromatic rings.